The number of carbonyl (C=O) groups excluding carboxylic acids is 1. The summed E-state index contributed by atoms with van der Waals surface area (Å²) < 4.78 is 5.37. The van der Waals surface area contributed by atoms with Gasteiger partial charge in [0, 0.05) is 24.3 Å². The number of hydrogen-bond donors (Lipinski definition) is 0. The van der Waals surface area contributed by atoms with E-state index in [0.717, 1.165) is 17.5 Å². The molecule has 0 aliphatic heterocycles. The second-order valence-corrected chi connectivity index (χ2v) is 5.45. The van der Waals surface area contributed by atoms with Crippen molar-refractivity contribution in [3.05, 3.63) is 65.2 Å². The highest BCUT2D eigenvalue weighted by atomic mass is 35.5. The Morgan fingerprint density at radius 1 is 1.19 bits per heavy atom. The van der Waals surface area contributed by atoms with Crippen molar-refractivity contribution in [1.29, 1.82) is 0 Å². The first-order chi connectivity index (χ1) is 10.1. The van der Waals surface area contributed by atoms with Crippen molar-refractivity contribution in [3.8, 4) is 5.75 Å². The number of benzene rings is 2. The lowest BCUT2D eigenvalue weighted by Gasteiger charge is -2.20. The van der Waals surface area contributed by atoms with Crippen LogP contribution >= 0.6 is 11.6 Å². The smallest absolute Gasteiger partial charge is 0.308 e. The molecule has 0 amide bonds. The molecule has 2 aromatic rings. The van der Waals surface area contributed by atoms with Crippen molar-refractivity contribution >= 4 is 17.6 Å². The van der Waals surface area contributed by atoms with Crippen LogP contribution in [0.25, 0.3) is 0 Å². The lowest BCUT2D eigenvalue weighted by molar-refractivity contribution is -0.131. The first-order valence-electron chi connectivity index (χ1n) is 7.01. The van der Waals surface area contributed by atoms with Gasteiger partial charge in [0.1, 0.15) is 5.75 Å². The molecule has 0 radical (unpaired) electrons. The second kappa shape index (κ2) is 7.28. The summed E-state index contributed by atoms with van der Waals surface area (Å²) in [6, 6.07) is 16.1. The fourth-order valence-corrected chi connectivity index (χ4v) is 2.70. The highest BCUT2D eigenvalue weighted by molar-refractivity contribution is 6.17. The minimum Gasteiger partial charge on any atom is -0.426 e. The van der Waals surface area contributed by atoms with Crippen molar-refractivity contribution in [2.45, 2.75) is 26.2 Å². The summed E-state index contributed by atoms with van der Waals surface area (Å²) in [6.07, 6.45) is 0.795. The Balaban J connectivity index is 2.48. The first kappa shape index (κ1) is 15.6. The zero-order valence-corrected chi connectivity index (χ0v) is 13.1. The van der Waals surface area contributed by atoms with Crippen LogP contribution in [-0.4, -0.2) is 11.8 Å². The molecule has 110 valence electrons. The van der Waals surface area contributed by atoms with Crippen molar-refractivity contribution in [2.75, 3.05) is 5.88 Å². The van der Waals surface area contributed by atoms with Crippen molar-refractivity contribution in [1.82, 2.24) is 0 Å². The van der Waals surface area contributed by atoms with Gasteiger partial charge in [-0.3, -0.25) is 4.79 Å². The second-order valence-electron chi connectivity index (χ2n) is 5.08. The Kier molecular flexibility index (Phi) is 5.40. The number of alkyl halides is 1. The van der Waals surface area contributed by atoms with Crippen LogP contribution in [0.5, 0.6) is 5.75 Å². The quantitative estimate of drug-likeness (QED) is 0.455. The number of ether oxygens (including phenoxy) is 1. The van der Waals surface area contributed by atoms with E-state index in [0.29, 0.717) is 11.6 Å². The minimum absolute atomic E-state index is 0.123. The molecule has 0 heterocycles. The van der Waals surface area contributed by atoms with E-state index in [2.05, 4.69) is 18.2 Å². The van der Waals surface area contributed by atoms with Gasteiger partial charge in [-0.2, -0.15) is 0 Å². The summed E-state index contributed by atoms with van der Waals surface area (Å²) in [5, 5.41) is 0. The fraction of sp³-hybridized carbons (Fsp3) is 0.278. The topological polar surface area (TPSA) is 26.3 Å². The SMILES string of the molecule is CC(=O)Oc1ccc(C)cc1C(CCCl)c1ccccc1. The summed E-state index contributed by atoms with van der Waals surface area (Å²) in [6.45, 7) is 3.45. The molecule has 0 aliphatic carbocycles. The zero-order chi connectivity index (χ0) is 15.2. The van der Waals surface area contributed by atoms with Crippen LogP contribution in [0.3, 0.4) is 0 Å². The van der Waals surface area contributed by atoms with Crippen LogP contribution < -0.4 is 4.74 Å². The number of halogens is 1. The number of rotatable bonds is 5. The average molecular weight is 303 g/mol. The van der Waals surface area contributed by atoms with Crippen molar-refractivity contribution < 1.29 is 9.53 Å². The van der Waals surface area contributed by atoms with Crippen LogP contribution in [0.1, 0.15) is 36.0 Å². The summed E-state index contributed by atoms with van der Waals surface area (Å²) in [5.74, 6) is 0.982. The van der Waals surface area contributed by atoms with Crippen LogP contribution in [-0.2, 0) is 4.79 Å². The highest BCUT2D eigenvalue weighted by Crippen LogP contribution is 2.35. The number of carbonyl (C=O) groups is 1. The molecule has 1 unspecified atom stereocenters. The summed E-state index contributed by atoms with van der Waals surface area (Å²) in [4.78, 5) is 11.3. The third-order valence-electron chi connectivity index (χ3n) is 3.39. The number of aryl methyl sites for hydroxylation is 1. The van der Waals surface area contributed by atoms with Gasteiger partial charge in [-0.25, -0.2) is 0 Å². The molecule has 21 heavy (non-hydrogen) atoms. The molecular weight excluding hydrogens is 284 g/mol. The third kappa shape index (κ3) is 4.08. The maximum atomic E-state index is 11.3. The highest BCUT2D eigenvalue weighted by Gasteiger charge is 2.19. The van der Waals surface area contributed by atoms with Gasteiger partial charge in [-0.05, 0) is 25.0 Å². The van der Waals surface area contributed by atoms with Gasteiger partial charge < -0.3 is 4.74 Å². The molecule has 2 nitrogen and oxygen atoms in total. The minimum atomic E-state index is -0.308. The van der Waals surface area contributed by atoms with E-state index in [-0.39, 0.29) is 11.9 Å². The Morgan fingerprint density at radius 2 is 1.90 bits per heavy atom. The molecule has 1 atom stereocenters. The predicted octanol–water partition coefficient (Wildman–Crippen LogP) is 4.68. The monoisotopic (exact) mass is 302 g/mol. The van der Waals surface area contributed by atoms with Gasteiger partial charge >= 0.3 is 5.97 Å². The molecule has 2 rings (SSSR count). The van der Waals surface area contributed by atoms with Gasteiger partial charge in [0.25, 0.3) is 0 Å². The van der Waals surface area contributed by atoms with E-state index in [4.69, 9.17) is 16.3 Å². The molecule has 3 heteroatoms. The predicted molar refractivity (Wildman–Crippen MR) is 86.1 cm³/mol. The Morgan fingerprint density at radius 3 is 2.52 bits per heavy atom. The van der Waals surface area contributed by atoms with E-state index in [1.807, 2.05) is 37.3 Å². The van der Waals surface area contributed by atoms with E-state index in [9.17, 15) is 4.79 Å². The fourth-order valence-electron chi connectivity index (χ4n) is 2.48. The molecule has 0 bridgehead atoms. The molecule has 0 spiro atoms. The molecule has 2 aromatic carbocycles. The molecule has 0 saturated heterocycles. The van der Waals surface area contributed by atoms with Gasteiger partial charge in [0.15, 0.2) is 0 Å². The maximum Gasteiger partial charge on any atom is 0.308 e. The van der Waals surface area contributed by atoms with Gasteiger partial charge in [-0.15, -0.1) is 11.6 Å². The molecule has 0 fully saturated rings. The van der Waals surface area contributed by atoms with E-state index < -0.39 is 0 Å². The maximum absolute atomic E-state index is 11.3. The van der Waals surface area contributed by atoms with Crippen molar-refractivity contribution in [2.24, 2.45) is 0 Å². The Labute approximate surface area is 130 Å². The van der Waals surface area contributed by atoms with E-state index in [1.165, 1.54) is 12.5 Å². The number of hydrogen-bond acceptors (Lipinski definition) is 2. The average Bonchev–Trinajstić information content (AvgIpc) is 2.47. The largest absolute Gasteiger partial charge is 0.426 e. The third-order valence-corrected chi connectivity index (χ3v) is 3.61. The van der Waals surface area contributed by atoms with Crippen LogP contribution in [0.15, 0.2) is 48.5 Å². The van der Waals surface area contributed by atoms with Crippen LogP contribution in [0.2, 0.25) is 0 Å². The normalized spacial score (nSPS) is 12.0. The summed E-state index contributed by atoms with van der Waals surface area (Å²) >= 11 is 5.99. The Bertz CT molecular complexity index is 608. The van der Waals surface area contributed by atoms with Gasteiger partial charge in [0.05, 0.1) is 0 Å². The lowest BCUT2D eigenvalue weighted by atomic mass is 9.87. The summed E-state index contributed by atoms with van der Waals surface area (Å²) in [7, 11) is 0. The first-order valence-corrected chi connectivity index (χ1v) is 7.55. The van der Waals surface area contributed by atoms with Gasteiger partial charge in [0.2, 0.25) is 0 Å². The lowest BCUT2D eigenvalue weighted by Crippen LogP contribution is -2.09. The van der Waals surface area contributed by atoms with Crippen LogP contribution in [0.4, 0.5) is 0 Å². The van der Waals surface area contributed by atoms with E-state index >= 15 is 0 Å². The van der Waals surface area contributed by atoms with Crippen molar-refractivity contribution in [3.63, 3.8) is 0 Å². The molecule has 0 aliphatic rings. The zero-order valence-electron chi connectivity index (χ0n) is 12.3. The van der Waals surface area contributed by atoms with Gasteiger partial charge in [-0.1, -0.05) is 48.0 Å². The number of esters is 1. The molecule has 0 saturated carbocycles. The summed E-state index contributed by atoms with van der Waals surface area (Å²) in [5.41, 5.74) is 3.32. The van der Waals surface area contributed by atoms with E-state index in [1.54, 1.807) is 0 Å². The molecule has 0 aromatic heterocycles. The van der Waals surface area contributed by atoms with Crippen LogP contribution in [0, 0.1) is 6.92 Å². The molecular formula is C18H19ClO2. The molecule has 0 N–H and O–H groups in total. The standard InChI is InChI=1S/C18H19ClO2/c1-13-8-9-18(21-14(2)20)17(12-13)16(10-11-19)15-6-4-3-5-7-15/h3-9,12,16H,10-11H2,1-2H3. The Hall–Kier alpha value is -1.80.